The van der Waals surface area contributed by atoms with Gasteiger partial charge in [0.05, 0.1) is 16.7 Å². The predicted octanol–water partition coefficient (Wildman–Crippen LogP) is 22.0. The van der Waals surface area contributed by atoms with Crippen LogP contribution in [0.15, 0.2) is 231 Å². The molecule has 0 amide bonds. The summed E-state index contributed by atoms with van der Waals surface area (Å²) >= 11 is 0. The molecule has 3 heterocycles. The van der Waals surface area contributed by atoms with E-state index in [-0.39, 0.29) is 39.2 Å². The number of anilines is 6. The molecule has 0 atom stereocenters. The number of aromatic nitrogens is 1. The summed E-state index contributed by atoms with van der Waals surface area (Å²) in [5.41, 5.74) is 33.0. The van der Waals surface area contributed by atoms with Crippen LogP contribution in [0.3, 0.4) is 0 Å². The van der Waals surface area contributed by atoms with E-state index in [0.717, 1.165) is 29.9 Å². The quantitative estimate of drug-likeness (QED) is 0.147. The van der Waals surface area contributed by atoms with E-state index in [1.54, 1.807) is 0 Å². The molecule has 2 aliphatic heterocycles. The molecule has 92 heavy (non-hydrogen) atoms. The van der Waals surface area contributed by atoms with E-state index >= 15 is 0 Å². The summed E-state index contributed by atoms with van der Waals surface area (Å²) in [6, 6.07) is 89.6. The van der Waals surface area contributed by atoms with Gasteiger partial charge in [0, 0.05) is 44.9 Å². The van der Waals surface area contributed by atoms with Gasteiger partial charge >= 0.3 is 0 Å². The summed E-state index contributed by atoms with van der Waals surface area (Å²) < 4.78 is 2.58. The standard InChI is InChI=1S/C88H84BN3/c1-83(2,3)63-33-43-76-68(49-63)69-50-64(84(4,5)6)34-44-77(69)92(76)67-51-80-82-81(52-67)91(66-37-27-58(28-38-66)60-30-40-71-73(46-60)88(13,14)54-86(71,9)10)79-48-62(56-23-19-16-20-24-56)32-42-75(79)89(82)74-41-31-61(55-21-17-15-18-22-55)47-78(74)90(80)65-35-25-57(26-36-65)59-29-39-70-72(45-59)87(11,12)53-85(70,7)8/h15-52H,53-54H2,1-14H3. The minimum Gasteiger partial charge on any atom is -0.311 e. The predicted molar refractivity (Wildman–Crippen MR) is 395 cm³/mol. The molecule has 1 aromatic heterocycles. The van der Waals surface area contributed by atoms with E-state index in [0.29, 0.717) is 0 Å². The average Bonchev–Trinajstić information content (AvgIpc) is 0.859. The fourth-order valence-corrected chi connectivity index (χ4v) is 17.5. The van der Waals surface area contributed by atoms with Crippen molar-refractivity contribution in [3.8, 4) is 50.2 Å². The summed E-state index contributed by atoms with van der Waals surface area (Å²) in [6.07, 6.45) is 2.28. The van der Waals surface area contributed by atoms with Gasteiger partial charge in [-0.25, -0.2) is 0 Å². The Morgan fingerprint density at radius 3 is 1.04 bits per heavy atom. The zero-order valence-electron chi connectivity index (χ0n) is 56.3. The zero-order chi connectivity index (χ0) is 63.8. The maximum atomic E-state index is 2.61. The van der Waals surface area contributed by atoms with E-state index in [4.69, 9.17) is 0 Å². The van der Waals surface area contributed by atoms with Gasteiger partial charge < -0.3 is 14.4 Å². The van der Waals surface area contributed by atoms with Crippen molar-refractivity contribution in [3.05, 3.63) is 264 Å². The van der Waals surface area contributed by atoms with E-state index in [1.165, 1.54) is 139 Å². The molecule has 0 saturated heterocycles. The first kappa shape index (κ1) is 58.0. The normalized spacial score (nSPS) is 16.3. The van der Waals surface area contributed by atoms with Gasteiger partial charge in [0.15, 0.2) is 0 Å². The topological polar surface area (TPSA) is 11.4 Å². The Morgan fingerprint density at radius 2 is 0.652 bits per heavy atom. The van der Waals surface area contributed by atoms with Crippen LogP contribution in [0.5, 0.6) is 0 Å². The molecule has 12 aromatic rings. The van der Waals surface area contributed by atoms with Gasteiger partial charge in [-0.2, -0.15) is 0 Å². The molecule has 0 saturated carbocycles. The van der Waals surface area contributed by atoms with Gasteiger partial charge in [0.2, 0.25) is 0 Å². The second-order valence-electron chi connectivity index (χ2n) is 32.1. The van der Waals surface area contributed by atoms with Crippen LogP contribution in [0.25, 0.3) is 72.0 Å². The Hall–Kier alpha value is -9.12. The molecule has 4 heteroatoms. The van der Waals surface area contributed by atoms with Crippen LogP contribution in [-0.2, 0) is 32.5 Å². The lowest BCUT2D eigenvalue weighted by molar-refractivity contribution is 0.402. The lowest BCUT2D eigenvalue weighted by Crippen LogP contribution is -2.61. The molecule has 11 aromatic carbocycles. The Balaban J connectivity index is 0.979. The van der Waals surface area contributed by atoms with E-state index in [9.17, 15) is 0 Å². The van der Waals surface area contributed by atoms with Gasteiger partial charge in [0.25, 0.3) is 6.71 Å². The molecule has 16 rings (SSSR count). The third-order valence-corrected chi connectivity index (χ3v) is 21.7. The molecule has 4 aliphatic rings. The molecular formula is C88H84BN3. The highest BCUT2D eigenvalue weighted by atomic mass is 15.2. The highest BCUT2D eigenvalue weighted by Gasteiger charge is 2.46. The molecule has 0 unspecified atom stereocenters. The number of nitrogens with zero attached hydrogens (tertiary/aromatic N) is 3. The van der Waals surface area contributed by atoms with E-state index in [2.05, 4.69) is 342 Å². The fourth-order valence-electron chi connectivity index (χ4n) is 17.5. The first-order chi connectivity index (χ1) is 43.8. The van der Waals surface area contributed by atoms with Gasteiger partial charge in [0.1, 0.15) is 0 Å². The maximum Gasteiger partial charge on any atom is 0.252 e. The molecule has 2 aliphatic carbocycles. The lowest BCUT2D eigenvalue weighted by Gasteiger charge is -2.44. The van der Waals surface area contributed by atoms with Gasteiger partial charge in [-0.1, -0.05) is 255 Å². The lowest BCUT2D eigenvalue weighted by atomic mass is 9.33. The van der Waals surface area contributed by atoms with Crippen LogP contribution >= 0.6 is 0 Å². The molecule has 3 nitrogen and oxygen atoms in total. The molecule has 0 fully saturated rings. The van der Waals surface area contributed by atoms with Crippen LogP contribution in [0.1, 0.15) is 143 Å². The smallest absolute Gasteiger partial charge is 0.252 e. The van der Waals surface area contributed by atoms with Crippen molar-refractivity contribution in [2.75, 3.05) is 9.80 Å². The summed E-state index contributed by atoms with van der Waals surface area (Å²) in [5.74, 6) is 0. The summed E-state index contributed by atoms with van der Waals surface area (Å²) in [5, 5.41) is 2.55. The largest absolute Gasteiger partial charge is 0.311 e. The number of rotatable bonds is 7. The summed E-state index contributed by atoms with van der Waals surface area (Å²) in [4.78, 5) is 5.23. The molecule has 454 valence electrons. The number of hydrogen-bond donors (Lipinski definition) is 0. The molecule has 0 spiro atoms. The Morgan fingerprint density at radius 1 is 0.304 bits per heavy atom. The second-order valence-corrected chi connectivity index (χ2v) is 32.1. The third kappa shape index (κ3) is 9.20. The highest BCUT2D eigenvalue weighted by molar-refractivity contribution is 7.00. The molecular weight excluding hydrogens is 1110 g/mol. The Kier molecular flexibility index (Phi) is 12.7. The molecule has 0 bridgehead atoms. The van der Waals surface area contributed by atoms with E-state index < -0.39 is 0 Å². The summed E-state index contributed by atoms with van der Waals surface area (Å²) in [6.45, 7) is 33.2. The monoisotopic (exact) mass is 1190 g/mol. The minimum atomic E-state index is -0.0976. The van der Waals surface area contributed by atoms with Crippen molar-refractivity contribution in [3.63, 3.8) is 0 Å². The van der Waals surface area contributed by atoms with Crippen molar-refractivity contribution in [1.29, 1.82) is 0 Å². The fraction of sp³-hybridized carbons (Fsp3) is 0.250. The van der Waals surface area contributed by atoms with Crippen molar-refractivity contribution < 1.29 is 0 Å². The highest BCUT2D eigenvalue weighted by Crippen LogP contribution is 2.54. The number of fused-ring (bicyclic) bond motifs is 9. The Labute approximate surface area is 546 Å². The van der Waals surface area contributed by atoms with Gasteiger partial charge in [-0.15, -0.1) is 0 Å². The first-order valence-corrected chi connectivity index (χ1v) is 33.6. The van der Waals surface area contributed by atoms with Crippen molar-refractivity contribution in [2.24, 2.45) is 0 Å². The maximum absolute atomic E-state index is 2.61. The van der Waals surface area contributed by atoms with Crippen LogP contribution in [0, 0.1) is 0 Å². The summed E-state index contributed by atoms with van der Waals surface area (Å²) in [7, 11) is 0. The third-order valence-electron chi connectivity index (χ3n) is 21.7. The van der Waals surface area contributed by atoms with Crippen molar-refractivity contribution in [1.82, 2.24) is 4.57 Å². The van der Waals surface area contributed by atoms with Crippen LogP contribution in [0.2, 0.25) is 0 Å². The van der Waals surface area contributed by atoms with E-state index in [1.807, 2.05) is 0 Å². The SMILES string of the molecule is CC(C)(C)c1ccc2c(c1)c1cc(C(C)(C)C)ccc1n2-c1cc2c3c(c1)N(c1ccc(-c4ccc5c(c4)C(C)(C)CC5(C)C)cc1)c1cc(-c4ccccc4)ccc1B3c1ccc(-c3ccccc3)cc1N2c1ccc(-c2ccc3c(c2)C(C)(C)CC3(C)C)cc1. The van der Waals surface area contributed by atoms with Gasteiger partial charge in [-0.05, 0) is 212 Å². The van der Waals surface area contributed by atoms with Crippen LogP contribution in [0.4, 0.5) is 34.1 Å². The number of benzene rings is 11. The minimum absolute atomic E-state index is 0.0402. The first-order valence-electron chi connectivity index (χ1n) is 33.6. The number of hydrogen-bond acceptors (Lipinski definition) is 2. The molecule has 0 radical (unpaired) electrons. The molecule has 0 N–H and O–H groups in total. The average molecular weight is 1190 g/mol. The Bertz CT molecular complexity index is 4680. The zero-order valence-corrected chi connectivity index (χ0v) is 56.3. The van der Waals surface area contributed by atoms with Crippen molar-refractivity contribution in [2.45, 2.75) is 142 Å². The second kappa shape index (κ2) is 20.2. The van der Waals surface area contributed by atoms with Gasteiger partial charge in [-0.3, -0.25) is 0 Å². The van der Waals surface area contributed by atoms with Crippen LogP contribution in [-0.4, -0.2) is 11.3 Å². The van der Waals surface area contributed by atoms with Crippen molar-refractivity contribution >= 4 is 79.0 Å². The van der Waals surface area contributed by atoms with Crippen LogP contribution < -0.4 is 26.2 Å².